The van der Waals surface area contributed by atoms with Crippen molar-refractivity contribution in [2.75, 3.05) is 5.32 Å². The van der Waals surface area contributed by atoms with Gasteiger partial charge in [0.1, 0.15) is 0 Å². The van der Waals surface area contributed by atoms with Gasteiger partial charge in [-0.05, 0) is 13.8 Å². The molecule has 0 unspecified atom stereocenters. The van der Waals surface area contributed by atoms with E-state index < -0.39 is 11.4 Å². The highest BCUT2D eigenvalue weighted by atomic mass is 16.4. The number of anilines is 1. The fraction of sp³-hybridized carbons (Fsp3) is 0.615. The Bertz CT molecular complexity index is 484. The van der Waals surface area contributed by atoms with E-state index >= 15 is 0 Å². The number of carbonyl (C=O) groups excluding carboxylic acids is 1. The van der Waals surface area contributed by atoms with Gasteiger partial charge in [0.25, 0.3) is 0 Å². The van der Waals surface area contributed by atoms with Crippen LogP contribution in [0.15, 0.2) is 6.07 Å². The molecule has 0 atom stereocenters. The number of carboxylic acids is 1. The Morgan fingerprint density at radius 1 is 1.32 bits per heavy atom. The van der Waals surface area contributed by atoms with Gasteiger partial charge in [0, 0.05) is 23.6 Å². The summed E-state index contributed by atoms with van der Waals surface area (Å²) in [6.45, 7) is 9.11. The Morgan fingerprint density at radius 2 is 1.89 bits per heavy atom. The molecule has 0 aliphatic rings. The number of carbonyl (C=O) groups is 2. The highest BCUT2D eigenvalue weighted by Gasteiger charge is 2.30. The summed E-state index contributed by atoms with van der Waals surface area (Å²) in [4.78, 5) is 22.7. The predicted molar refractivity (Wildman–Crippen MR) is 72.0 cm³/mol. The molecule has 1 aromatic rings. The van der Waals surface area contributed by atoms with Crippen molar-refractivity contribution in [3.63, 3.8) is 0 Å². The van der Waals surface area contributed by atoms with Gasteiger partial charge in [-0.2, -0.15) is 5.10 Å². The maximum atomic E-state index is 11.8. The molecule has 6 nitrogen and oxygen atoms in total. The van der Waals surface area contributed by atoms with Gasteiger partial charge in [-0.15, -0.1) is 0 Å². The molecule has 0 radical (unpaired) electrons. The van der Waals surface area contributed by atoms with Gasteiger partial charge >= 0.3 is 5.97 Å². The molecule has 0 spiro atoms. The number of aliphatic carboxylic acids is 1. The highest BCUT2D eigenvalue weighted by Crippen LogP contribution is 2.23. The lowest BCUT2D eigenvalue weighted by molar-refractivity contribution is -0.148. The summed E-state index contributed by atoms with van der Waals surface area (Å²) in [5.41, 5.74) is -0.274. The van der Waals surface area contributed by atoms with Gasteiger partial charge in [0.15, 0.2) is 5.82 Å². The first kappa shape index (κ1) is 15.2. The topological polar surface area (TPSA) is 95.1 Å². The molecule has 19 heavy (non-hydrogen) atoms. The summed E-state index contributed by atoms with van der Waals surface area (Å²) in [7, 11) is 0. The molecule has 106 valence electrons. The first-order valence-corrected chi connectivity index (χ1v) is 6.11. The van der Waals surface area contributed by atoms with Crippen LogP contribution in [-0.4, -0.2) is 27.2 Å². The minimum Gasteiger partial charge on any atom is -0.481 e. The van der Waals surface area contributed by atoms with Crippen LogP contribution in [0.2, 0.25) is 0 Å². The summed E-state index contributed by atoms with van der Waals surface area (Å²) in [5.74, 6) is -0.949. The molecule has 3 N–H and O–H groups in total. The zero-order valence-electron chi connectivity index (χ0n) is 12.0. The van der Waals surface area contributed by atoms with Gasteiger partial charge in [-0.25, -0.2) is 0 Å². The van der Waals surface area contributed by atoms with Crippen LogP contribution in [0.4, 0.5) is 5.82 Å². The maximum absolute atomic E-state index is 11.8. The maximum Gasteiger partial charge on any atom is 0.309 e. The third kappa shape index (κ3) is 4.08. The fourth-order valence-electron chi connectivity index (χ4n) is 1.43. The Kier molecular flexibility index (Phi) is 4.03. The van der Waals surface area contributed by atoms with E-state index in [0.29, 0.717) is 5.82 Å². The number of nitrogens with one attached hydrogen (secondary N) is 2. The second-order valence-electron chi connectivity index (χ2n) is 6.33. The first-order valence-electron chi connectivity index (χ1n) is 6.11. The second-order valence-corrected chi connectivity index (χ2v) is 6.33. The molecule has 0 bridgehead atoms. The Labute approximate surface area is 112 Å². The van der Waals surface area contributed by atoms with Crippen LogP contribution < -0.4 is 5.32 Å². The molecular weight excluding hydrogens is 246 g/mol. The number of carboxylic acid groups (broad SMARTS) is 1. The van der Waals surface area contributed by atoms with Crippen LogP contribution in [0.25, 0.3) is 0 Å². The minimum atomic E-state index is -1.09. The Hall–Kier alpha value is -1.85. The van der Waals surface area contributed by atoms with Gasteiger partial charge < -0.3 is 10.4 Å². The summed E-state index contributed by atoms with van der Waals surface area (Å²) < 4.78 is 0. The van der Waals surface area contributed by atoms with E-state index in [9.17, 15) is 9.59 Å². The molecule has 1 amide bonds. The quantitative estimate of drug-likeness (QED) is 0.779. The first-order chi connectivity index (χ1) is 8.52. The largest absolute Gasteiger partial charge is 0.481 e. The van der Waals surface area contributed by atoms with Gasteiger partial charge in [-0.1, -0.05) is 20.8 Å². The SMILES string of the molecule is CC(C)(CC(=O)Nc1cc(C(C)(C)C)[nH]n1)C(=O)O. The zero-order valence-corrected chi connectivity index (χ0v) is 12.0. The molecule has 1 heterocycles. The summed E-state index contributed by atoms with van der Waals surface area (Å²) in [6, 6.07) is 1.76. The number of hydrogen-bond donors (Lipinski definition) is 3. The van der Waals surface area contributed by atoms with Gasteiger partial charge in [0.05, 0.1) is 5.41 Å². The molecular formula is C13H21N3O3. The van der Waals surface area contributed by atoms with E-state index in [-0.39, 0.29) is 17.7 Å². The van der Waals surface area contributed by atoms with E-state index in [1.165, 1.54) is 13.8 Å². The number of H-pyrrole nitrogens is 1. The van der Waals surface area contributed by atoms with E-state index in [0.717, 1.165) is 5.69 Å². The molecule has 0 aromatic carbocycles. The lowest BCUT2D eigenvalue weighted by Crippen LogP contribution is -2.29. The Balaban J connectivity index is 2.68. The number of hydrogen-bond acceptors (Lipinski definition) is 3. The molecule has 6 heteroatoms. The lowest BCUT2D eigenvalue weighted by atomic mass is 9.89. The van der Waals surface area contributed by atoms with Crippen molar-refractivity contribution in [1.29, 1.82) is 0 Å². The van der Waals surface area contributed by atoms with Gasteiger partial charge in [-0.3, -0.25) is 14.7 Å². The van der Waals surface area contributed by atoms with Gasteiger partial charge in [0.2, 0.25) is 5.91 Å². The second kappa shape index (κ2) is 5.03. The van der Waals surface area contributed by atoms with E-state index in [1.54, 1.807) is 6.07 Å². The summed E-state index contributed by atoms with van der Waals surface area (Å²) in [6.07, 6.45) is -0.0972. The van der Waals surface area contributed by atoms with Crippen molar-refractivity contribution in [3.8, 4) is 0 Å². The van der Waals surface area contributed by atoms with Crippen LogP contribution in [-0.2, 0) is 15.0 Å². The van der Waals surface area contributed by atoms with Crippen LogP contribution in [0.5, 0.6) is 0 Å². The minimum absolute atomic E-state index is 0.0870. The monoisotopic (exact) mass is 267 g/mol. The van der Waals surface area contributed by atoms with Crippen LogP contribution >= 0.6 is 0 Å². The van der Waals surface area contributed by atoms with Crippen molar-refractivity contribution >= 4 is 17.7 Å². The summed E-state index contributed by atoms with van der Waals surface area (Å²) >= 11 is 0. The predicted octanol–water partition coefficient (Wildman–Crippen LogP) is 2.15. The third-order valence-corrected chi connectivity index (χ3v) is 2.83. The standard InChI is InChI=1S/C13H21N3O3/c1-12(2,3)8-6-9(16-15-8)14-10(17)7-13(4,5)11(18)19/h6H,7H2,1-5H3,(H,18,19)(H2,14,15,16,17). The number of amides is 1. The smallest absolute Gasteiger partial charge is 0.309 e. The fourth-order valence-corrected chi connectivity index (χ4v) is 1.43. The molecule has 0 saturated carbocycles. The molecule has 0 aliphatic carbocycles. The highest BCUT2D eigenvalue weighted by molar-refractivity contribution is 5.93. The van der Waals surface area contributed by atoms with Crippen LogP contribution in [0.3, 0.4) is 0 Å². The zero-order chi connectivity index (χ0) is 14.8. The van der Waals surface area contributed by atoms with E-state index in [1.807, 2.05) is 20.8 Å². The average molecular weight is 267 g/mol. The van der Waals surface area contributed by atoms with Crippen molar-refractivity contribution in [2.45, 2.75) is 46.5 Å². The molecule has 0 saturated heterocycles. The number of nitrogens with zero attached hydrogens (tertiary/aromatic N) is 1. The third-order valence-electron chi connectivity index (χ3n) is 2.83. The van der Waals surface area contributed by atoms with Crippen molar-refractivity contribution in [1.82, 2.24) is 10.2 Å². The summed E-state index contributed by atoms with van der Waals surface area (Å²) in [5, 5.41) is 18.4. The van der Waals surface area contributed by atoms with Crippen molar-refractivity contribution < 1.29 is 14.7 Å². The molecule has 1 aromatic heterocycles. The van der Waals surface area contributed by atoms with E-state index in [2.05, 4.69) is 15.5 Å². The van der Waals surface area contributed by atoms with Crippen molar-refractivity contribution in [3.05, 3.63) is 11.8 Å². The number of aromatic nitrogens is 2. The van der Waals surface area contributed by atoms with E-state index in [4.69, 9.17) is 5.11 Å². The lowest BCUT2D eigenvalue weighted by Gasteiger charge is -2.17. The normalized spacial score (nSPS) is 12.3. The number of aromatic amines is 1. The van der Waals surface area contributed by atoms with Crippen molar-refractivity contribution in [2.24, 2.45) is 5.41 Å². The number of rotatable bonds is 4. The van der Waals surface area contributed by atoms with Crippen LogP contribution in [0.1, 0.15) is 46.7 Å². The Morgan fingerprint density at radius 3 is 2.32 bits per heavy atom. The molecule has 0 aliphatic heterocycles. The molecule has 0 fully saturated rings. The van der Waals surface area contributed by atoms with Crippen LogP contribution in [0, 0.1) is 5.41 Å². The average Bonchev–Trinajstić information content (AvgIpc) is 2.63. The molecule has 1 rings (SSSR count).